The topological polar surface area (TPSA) is 75.0 Å². The summed E-state index contributed by atoms with van der Waals surface area (Å²) in [6.07, 6.45) is 0. The molecule has 1 N–H and O–H groups in total. The predicted octanol–water partition coefficient (Wildman–Crippen LogP) is 5.04. The summed E-state index contributed by atoms with van der Waals surface area (Å²) in [5.41, 5.74) is 2.40. The van der Waals surface area contributed by atoms with E-state index in [1.54, 1.807) is 42.5 Å². The zero-order chi connectivity index (χ0) is 23.5. The van der Waals surface area contributed by atoms with Crippen molar-refractivity contribution in [2.24, 2.45) is 0 Å². The lowest BCUT2D eigenvalue weighted by molar-refractivity contribution is 0.0600. The molecule has 7 nitrogen and oxygen atoms in total. The summed E-state index contributed by atoms with van der Waals surface area (Å²) in [4.78, 5) is 29.5. The number of esters is 1. The van der Waals surface area contributed by atoms with Crippen molar-refractivity contribution in [3.63, 3.8) is 0 Å². The minimum atomic E-state index is -0.477. The normalized spacial score (nSPS) is 14.2. The van der Waals surface area contributed by atoms with Crippen LogP contribution in [0, 0.1) is 0 Å². The first-order valence-electron chi connectivity index (χ1n) is 10.4. The van der Waals surface area contributed by atoms with Gasteiger partial charge in [0.1, 0.15) is 5.76 Å². The highest BCUT2D eigenvalue weighted by Crippen LogP contribution is 2.31. The van der Waals surface area contributed by atoms with Crippen LogP contribution in [0.3, 0.4) is 0 Å². The van der Waals surface area contributed by atoms with Crippen LogP contribution in [0.1, 0.15) is 20.9 Å². The van der Waals surface area contributed by atoms with Crippen LogP contribution in [0.4, 0.5) is 11.4 Å². The fraction of sp³-hybridized carbons (Fsp3) is 0.250. The molecule has 1 amide bonds. The third kappa shape index (κ3) is 5.16. The van der Waals surface area contributed by atoms with E-state index in [1.165, 1.54) is 7.11 Å². The maximum atomic E-state index is 13.0. The van der Waals surface area contributed by atoms with Crippen LogP contribution >= 0.6 is 23.2 Å². The van der Waals surface area contributed by atoms with Crippen LogP contribution in [0.15, 0.2) is 52.9 Å². The van der Waals surface area contributed by atoms with Crippen molar-refractivity contribution >= 4 is 46.5 Å². The number of carbonyl (C=O) groups excluding carboxylic acids is 2. The Kier molecular flexibility index (Phi) is 6.93. The minimum absolute atomic E-state index is 0.129. The van der Waals surface area contributed by atoms with Crippen LogP contribution in [0.2, 0.25) is 10.0 Å². The number of nitrogens with one attached hydrogen (secondary N) is 1. The van der Waals surface area contributed by atoms with Gasteiger partial charge in [-0.1, -0.05) is 23.2 Å². The molecule has 0 bridgehead atoms. The lowest BCUT2D eigenvalue weighted by atomic mass is 10.1. The standard InChI is InChI=1S/C24H23Cl2N3O4/c1-28-9-11-29(12-10-28)20-6-4-16(24(31)32-2)14-19(20)27-23(30)22-8-7-21(33-22)15-3-5-17(25)18(26)13-15/h3-8,13-14H,9-12H2,1-2H3,(H,27,30). The van der Waals surface area contributed by atoms with Gasteiger partial charge in [0.25, 0.3) is 5.91 Å². The molecule has 1 saturated heterocycles. The molecule has 1 fully saturated rings. The number of rotatable bonds is 5. The summed E-state index contributed by atoms with van der Waals surface area (Å²) < 4.78 is 10.6. The first kappa shape index (κ1) is 23.2. The molecule has 0 saturated carbocycles. The van der Waals surface area contributed by atoms with Crippen LogP contribution in [-0.2, 0) is 4.74 Å². The predicted molar refractivity (Wildman–Crippen MR) is 130 cm³/mol. The fourth-order valence-electron chi connectivity index (χ4n) is 3.65. The Labute approximate surface area is 201 Å². The number of anilines is 2. The number of methoxy groups -OCH3 is 1. The summed E-state index contributed by atoms with van der Waals surface area (Å²) >= 11 is 12.1. The van der Waals surface area contributed by atoms with Gasteiger partial charge in [-0.15, -0.1) is 0 Å². The molecular weight excluding hydrogens is 465 g/mol. The average Bonchev–Trinajstić information content (AvgIpc) is 3.31. The third-order valence-electron chi connectivity index (χ3n) is 5.54. The van der Waals surface area contributed by atoms with E-state index < -0.39 is 11.9 Å². The average molecular weight is 488 g/mol. The zero-order valence-corrected chi connectivity index (χ0v) is 19.7. The lowest BCUT2D eigenvalue weighted by Crippen LogP contribution is -2.44. The molecular formula is C24H23Cl2N3O4. The van der Waals surface area contributed by atoms with Gasteiger partial charge >= 0.3 is 5.97 Å². The number of hydrogen-bond donors (Lipinski definition) is 1. The number of carbonyl (C=O) groups is 2. The van der Waals surface area contributed by atoms with E-state index in [9.17, 15) is 9.59 Å². The van der Waals surface area contributed by atoms with Crippen LogP contribution in [-0.4, -0.2) is 57.1 Å². The first-order chi connectivity index (χ1) is 15.9. The molecule has 0 aliphatic carbocycles. The summed E-state index contributed by atoms with van der Waals surface area (Å²) in [5.74, 6) is -0.292. The molecule has 9 heteroatoms. The molecule has 3 aromatic rings. The Morgan fingerprint density at radius 3 is 2.42 bits per heavy atom. The minimum Gasteiger partial charge on any atom is -0.465 e. The van der Waals surface area contributed by atoms with E-state index in [4.69, 9.17) is 32.4 Å². The Morgan fingerprint density at radius 2 is 1.73 bits per heavy atom. The van der Waals surface area contributed by atoms with Crippen molar-refractivity contribution in [1.82, 2.24) is 4.90 Å². The molecule has 1 aliphatic rings. The molecule has 1 aliphatic heterocycles. The molecule has 0 atom stereocenters. The van der Waals surface area contributed by atoms with Crippen LogP contribution < -0.4 is 10.2 Å². The van der Waals surface area contributed by atoms with E-state index in [0.29, 0.717) is 32.6 Å². The molecule has 172 valence electrons. The summed E-state index contributed by atoms with van der Waals surface area (Å²) in [6, 6.07) is 13.5. The van der Waals surface area contributed by atoms with Crippen LogP contribution in [0.5, 0.6) is 0 Å². The Hall–Kier alpha value is -3.00. The number of amides is 1. The van der Waals surface area contributed by atoms with E-state index in [-0.39, 0.29) is 5.76 Å². The summed E-state index contributed by atoms with van der Waals surface area (Å²) in [5, 5.41) is 3.73. The van der Waals surface area contributed by atoms with E-state index >= 15 is 0 Å². The van der Waals surface area contributed by atoms with Crippen molar-refractivity contribution in [2.75, 3.05) is 50.6 Å². The lowest BCUT2D eigenvalue weighted by Gasteiger charge is -2.35. The fourth-order valence-corrected chi connectivity index (χ4v) is 3.95. The molecule has 0 spiro atoms. The van der Waals surface area contributed by atoms with Gasteiger partial charge < -0.3 is 24.3 Å². The highest BCUT2D eigenvalue weighted by Gasteiger charge is 2.21. The van der Waals surface area contributed by atoms with E-state index in [2.05, 4.69) is 22.2 Å². The number of likely N-dealkylation sites (N-methyl/N-ethyl adjacent to an activating group) is 1. The van der Waals surface area contributed by atoms with Gasteiger partial charge in [-0.25, -0.2) is 4.79 Å². The maximum Gasteiger partial charge on any atom is 0.337 e. The quantitative estimate of drug-likeness (QED) is 0.507. The van der Waals surface area contributed by atoms with Gasteiger partial charge in [0.15, 0.2) is 5.76 Å². The molecule has 2 heterocycles. The van der Waals surface area contributed by atoms with Gasteiger partial charge in [-0.2, -0.15) is 0 Å². The molecule has 33 heavy (non-hydrogen) atoms. The number of furan rings is 1. The van der Waals surface area contributed by atoms with Gasteiger partial charge in [0.2, 0.25) is 0 Å². The SMILES string of the molecule is COC(=O)c1ccc(N2CCN(C)CC2)c(NC(=O)c2ccc(-c3ccc(Cl)c(Cl)c3)o2)c1. The van der Waals surface area contributed by atoms with Crippen molar-refractivity contribution in [1.29, 1.82) is 0 Å². The first-order valence-corrected chi connectivity index (χ1v) is 11.1. The van der Waals surface area contributed by atoms with Gasteiger partial charge in [-0.3, -0.25) is 4.79 Å². The van der Waals surface area contributed by atoms with E-state index in [1.807, 2.05) is 6.07 Å². The second-order valence-electron chi connectivity index (χ2n) is 7.76. The second-order valence-corrected chi connectivity index (χ2v) is 8.58. The van der Waals surface area contributed by atoms with Crippen LogP contribution in [0.25, 0.3) is 11.3 Å². The number of halogens is 2. The Morgan fingerprint density at radius 1 is 0.970 bits per heavy atom. The number of benzene rings is 2. The summed E-state index contributed by atoms with van der Waals surface area (Å²) in [6.45, 7) is 3.41. The second kappa shape index (κ2) is 9.87. The number of piperazine rings is 1. The Bertz CT molecular complexity index is 1190. The molecule has 0 unspecified atom stereocenters. The molecule has 4 rings (SSSR count). The van der Waals surface area contributed by atoms with E-state index in [0.717, 1.165) is 31.9 Å². The largest absolute Gasteiger partial charge is 0.465 e. The highest BCUT2D eigenvalue weighted by molar-refractivity contribution is 6.42. The van der Waals surface area contributed by atoms with Gasteiger partial charge in [0.05, 0.1) is 34.1 Å². The number of nitrogens with zero attached hydrogens (tertiary/aromatic N) is 2. The summed E-state index contributed by atoms with van der Waals surface area (Å²) in [7, 11) is 3.39. The smallest absolute Gasteiger partial charge is 0.337 e. The highest BCUT2D eigenvalue weighted by atomic mass is 35.5. The number of ether oxygens (including phenoxy) is 1. The zero-order valence-electron chi connectivity index (χ0n) is 18.2. The maximum absolute atomic E-state index is 13.0. The number of hydrogen-bond acceptors (Lipinski definition) is 6. The molecule has 2 aromatic carbocycles. The molecule has 0 radical (unpaired) electrons. The molecule has 1 aromatic heterocycles. The monoisotopic (exact) mass is 487 g/mol. The van der Waals surface area contributed by atoms with Gasteiger partial charge in [-0.05, 0) is 55.6 Å². The van der Waals surface area contributed by atoms with Crippen molar-refractivity contribution in [2.45, 2.75) is 0 Å². The van der Waals surface area contributed by atoms with Crippen molar-refractivity contribution in [3.05, 3.63) is 69.9 Å². The van der Waals surface area contributed by atoms with Gasteiger partial charge in [0, 0.05) is 31.7 Å². The third-order valence-corrected chi connectivity index (χ3v) is 6.28. The Balaban J connectivity index is 1.60. The van der Waals surface area contributed by atoms with Crippen molar-refractivity contribution < 1.29 is 18.7 Å². The van der Waals surface area contributed by atoms with Crippen molar-refractivity contribution in [3.8, 4) is 11.3 Å².